The van der Waals surface area contributed by atoms with Crippen LogP contribution in [0.4, 0.5) is 11.4 Å². The molecule has 4 atom stereocenters. The topological polar surface area (TPSA) is 47.3 Å². The molecule has 2 bridgehead atoms. The molecule has 3 fully saturated rings. The van der Waals surface area contributed by atoms with Gasteiger partial charge in [-0.25, -0.2) is 0 Å². The van der Waals surface area contributed by atoms with E-state index in [0.29, 0.717) is 11.7 Å². The molecule has 1 aromatic rings. The van der Waals surface area contributed by atoms with Crippen molar-refractivity contribution in [2.75, 3.05) is 18.2 Å². The molecular formula is C15H20N2O. The Labute approximate surface area is 108 Å². The van der Waals surface area contributed by atoms with Gasteiger partial charge < -0.3 is 15.8 Å². The van der Waals surface area contributed by atoms with Gasteiger partial charge in [0.25, 0.3) is 0 Å². The zero-order valence-corrected chi connectivity index (χ0v) is 10.7. The summed E-state index contributed by atoms with van der Waals surface area (Å²) in [6, 6.07) is 6.72. The molecule has 0 aromatic heterocycles. The van der Waals surface area contributed by atoms with E-state index in [1.165, 1.54) is 19.3 Å². The maximum Gasteiger partial charge on any atom is 0.143 e. The first-order valence-electron chi connectivity index (χ1n) is 6.98. The molecule has 0 aliphatic heterocycles. The fraction of sp³-hybridized carbons (Fsp3) is 0.600. The first-order valence-corrected chi connectivity index (χ1v) is 6.98. The predicted molar refractivity (Wildman–Crippen MR) is 72.6 cm³/mol. The van der Waals surface area contributed by atoms with E-state index in [1.807, 2.05) is 12.1 Å². The SMILES string of the molecule is COc1cc(NC2C3C4CCC(C4)C23)ccc1N. The third kappa shape index (κ3) is 1.36. The van der Waals surface area contributed by atoms with E-state index < -0.39 is 0 Å². The molecule has 0 amide bonds. The van der Waals surface area contributed by atoms with Gasteiger partial charge in [0.2, 0.25) is 0 Å². The molecule has 96 valence electrons. The maximum absolute atomic E-state index is 5.84. The summed E-state index contributed by atoms with van der Waals surface area (Å²) in [5.74, 6) is 4.69. The number of methoxy groups -OCH3 is 1. The lowest BCUT2D eigenvalue weighted by molar-refractivity contribution is 0.417. The zero-order valence-electron chi connectivity index (χ0n) is 10.7. The monoisotopic (exact) mass is 244 g/mol. The van der Waals surface area contributed by atoms with E-state index in [2.05, 4.69) is 11.4 Å². The average Bonchev–Trinajstić information content (AvgIpc) is 2.78. The van der Waals surface area contributed by atoms with Crippen molar-refractivity contribution in [3.8, 4) is 5.75 Å². The molecule has 18 heavy (non-hydrogen) atoms. The quantitative estimate of drug-likeness (QED) is 0.804. The molecule has 0 heterocycles. The lowest BCUT2D eigenvalue weighted by atomic mass is 10.0. The third-order valence-electron chi connectivity index (χ3n) is 5.30. The fourth-order valence-corrected chi connectivity index (χ4v) is 4.51. The van der Waals surface area contributed by atoms with Gasteiger partial charge in [-0.2, -0.15) is 0 Å². The lowest BCUT2D eigenvalue weighted by Crippen LogP contribution is -2.12. The highest BCUT2D eigenvalue weighted by Crippen LogP contribution is 2.66. The number of ether oxygens (including phenoxy) is 1. The van der Waals surface area contributed by atoms with Crippen LogP contribution in [-0.4, -0.2) is 13.2 Å². The molecular weight excluding hydrogens is 224 g/mol. The molecule has 3 N–H and O–H groups in total. The Morgan fingerprint density at radius 2 is 1.94 bits per heavy atom. The maximum atomic E-state index is 5.84. The minimum absolute atomic E-state index is 0.708. The normalized spacial score (nSPS) is 39.5. The number of nitrogens with two attached hydrogens (primary N) is 1. The van der Waals surface area contributed by atoms with Crippen molar-refractivity contribution in [2.24, 2.45) is 23.7 Å². The Kier molecular flexibility index (Phi) is 2.08. The number of hydrogen-bond donors (Lipinski definition) is 2. The number of fused-ring (bicyclic) bond motifs is 5. The second-order valence-electron chi connectivity index (χ2n) is 6.11. The molecule has 1 aromatic carbocycles. The van der Waals surface area contributed by atoms with Crippen LogP contribution in [-0.2, 0) is 0 Å². The second-order valence-corrected chi connectivity index (χ2v) is 6.11. The zero-order chi connectivity index (χ0) is 12.3. The summed E-state index contributed by atoms with van der Waals surface area (Å²) in [5.41, 5.74) is 7.70. The molecule has 3 aliphatic rings. The van der Waals surface area contributed by atoms with Gasteiger partial charge in [-0.05, 0) is 55.1 Å². The molecule has 0 radical (unpaired) electrons. The fourth-order valence-electron chi connectivity index (χ4n) is 4.51. The van der Waals surface area contributed by atoms with E-state index in [9.17, 15) is 0 Å². The minimum Gasteiger partial charge on any atom is -0.495 e. The Morgan fingerprint density at radius 1 is 1.22 bits per heavy atom. The van der Waals surface area contributed by atoms with Crippen LogP contribution in [0.5, 0.6) is 5.75 Å². The van der Waals surface area contributed by atoms with Gasteiger partial charge in [0.15, 0.2) is 0 Å². The van der Waals surface area contributed by atoms with Crippen LogP contribution in [0.25, 0.3) is 0 Å². The van der Waals surface area contributed by atoms with Gasteiger partial charge in [-0.3, -0.25) is 0 Å². The molecule has 3 heteroatoms. The molecule has 4 rings (SSSR count). The predicted octanol–water partition coefficient (Wildman–Crippen LogP) is 2.73. The van der Waals surface area contributed by atoms with Crippen molar-refractivity contribution in [3.63, 3.8) is 0 Å². The summed E-state index contributed by atoms with van der Waals surface area (Å²) in [7, 11) is 1.67. The highest BCUT2D eigenvalue weighted by Gasteiger charge is 2.64. The highest BCUT2D eigenvalue weighted by atomic mass is 16.5. The number of anilines is 2. The summed E-state index contributed by atoms with van der Waals surface area (Å²) < 4.78 is 5.27. The molecule has 0 saturated heterocycles. The summed E-state index contributed by atoms with van der Waals surface area (Å²) in [6.07, 6.45) is 4.43. The van der Waals surface area contributed by atoms with Gasteiger partial charge in [0, 0.05) is 17.8 Å². The highest BCUT2D eigenvalue weighted by molar-refractivity contribution is 5.62. The van der Waals surface area contributed by atoms with Crippen LogP contribution in [0.3, 0.4) is 0 Å². The number of nitrogens with one attached hydrogen (secondary N) is 1. The van der Waals surface area contributed by atoms with Crippen LogP contribution in [0.1, 0.15) is 19.3 Å². The number of benzene rings is 1. The summed E-state index contributed by atoms with van der Waals surface area (Å²) >= 11 is 0. The van der Waals surface area contributed by atoms with Crippen LogP contribution < -0.4 is 15.8 Å². The van der Waals surface area contributed by atoms with Crippen molar-refractivity contribution >= 4 is 11.4 Å². The van der Waals surface area contributed by atoms with E-state index in [-0.39, 0.29) is 0 Å². The van der Waals surface area contributed by atoms with Crippen molar-refractivity contribution in [1.29, 1.82) is 0 Å². The Morgan fingerprint density at radius 3 is 2.61 bits per heavy atom. The molecule has 0 spiro atoms. The third-order valence-corrected chi connectivity index (χ3v) is 5.30. The van der Waals surface area contributed by atoms with Crippen LogP contribution in [0.2, 0.25) is 0 Å². The van der Waals surface area contributed by atoms with E-state index >= 15 is 0 Å². The molecule has 3 nitrogen and oxygen atoms in total. The van der Waals surface area contributed by atoms with Crippen molar-refractivity contribution in [3.05, 3.63) is 18.2 Å². The van der Waals surface area contributed by atoms with Crippen molar-refractivity contribution in [1.82, 2.24) is 0 Å². The smallest absolute Gasteiger partial charge is 0.143 e. The standard InChI is InChI=1S/C15H20N2O/c1-18-12-7-10(4-5-11(12)16)17-15-13-8-2-3-9(6-8)14(13)15/h4-5,7-9,13-15,17H,2-3,6,16H2,1H3. The van der Waals surface area contributed by atoms with Gasteiger partial charge in [0.1, 0.15) is 5.75 Å². The summed E-state index contributed by atoms with van der Waals surface area (Å²) in [4.78, 5) is 0. The Balaban J connectivity index is 1.50. The lowest BCUT2D eigenvalue weighted by Gasteiger charge is -2.13. The van der Waals surface area contributed by atoms with Crippen LogP contribution >= 0.6 is 0 Å². The number of rotatable bonds is 3. The van der Waals surface area contributed by atoms with E-state index in [1.54, 1.807) is 7.11 Å². The number of nitrogen functional groups attached to an aromatic ring is 1. The summed E-state index contributed by atoms with van der Waals surface area (Å²) in [6.45, 7) is 0. The van der Waals surface area contributed by atoms with Crippen molar-refractivity contribution < 1.29 is 4.74 Å². The Hall–Kier alpha value is -1.38. The molecule has 3 aliphatic carbocycles. The van der Waals surface area contributed by atoms with Gasteiger partial charge in [0.05, 0.1) is 12.8 Å². The molecule has 4 unspecified atom stereocenters. The summed E-state index contributed by atoms with van der Waals surface area (Å²) in [5, 5.41) is 3.69. The first-order chi connectivity index (χ1) is 8.78. The largest absolute Gasteiger partial charge is 0.495 e. The van der Waals surface area contributed by atoms with Gasteiger partial charge >= 0.3 is 0 Å². The molecule has 3 saturated carbocycles. The minimum atomic E-state index is 0.708. The first kappa shape index (κ1) is 10.5. The van der Waals surface area contributed by atoms with Crippen LogP contribution in [0.15, 0.2) is 18.2 Å². The van der Waals surface area contributed by atoms with E-state index in [0.717, 1.165) is 35.1 Å². The second kappa shape index (κ2) is 3.56. The van der Waals surface area contributed by atoms with Crippen molar-refractivity contribution in [2.45, 2.75) is 25.3 Å². The average molecular weight is 244 g/mol. The van der Waals surface area contributed by atoms with Gasteiger partial charge in [-0.15, -0.1) is 0 Å². The van der Waals surface area contributed by atoms with Crippen LogP contribution in [0, 0.1) is 23.7 Å². The Bertz CT molecular complexity index is 471. The van der Waals surface area contributed by atoms with Gasteiger partial charge in [-0.1, -0.05) is 0 Å². The van der Waals surface area contributed by atoms with E-state index in [4.69, 9.17) is 10.5 Å². The number of hydrogen-bond acceptors (Lipinski definition) is 3.